The van der Waals surface area contributed by atoms with Crippen molar-refractivity contribution in [3.8, 4) is 0 Å². The molecule has 2 rings (SSSR count). The fraction of sp³-hybridized carbons (Fsp3) is 0.625. The zero-order chi connectivity index (χ0) is 16.7. The van der Waals surface area contributed by atoms with E-state index >= 15 is 0 Å². The first-order valence-corrected chi connectivity index (χ1v) is 8.15. The third-order valence-corrected chi connectivity index (χ3v) is 4.12. The lowest BCUT2D eigenvalue weighted by Crippen LogP contribution is -2.46. The highest BCUT2D eigenvalue weighted by Crippen LogP contribution is 2.20. The Bertz CT molecular complexity index is 527. The molecule has 0 spiro atoms. The van der Waals surface area contributed by atoms with Gasteiger partial charge in [0, 0.05) is 45.5 Å². The highest BCUT2D eigenvalue weighted by atomic mass is 127. The summed E-state index contributed by atoms with van der Waals surface area (Å²) >= 11 is 0. The average Bonchev–Trinajstić information content (AvgIpc) is 3.02. The smallest absolute Gasteiger partial charge is 0.191 e. The lowest BCUT2D eigenvalue weighted by Gasteiger charge is -2.20. The van der Waals surface area contributed by atoms with Crippen LogP contribution in [0.4, 0.5) is 10.2 Å². The first-order chi connectivity index (χ1) is 11.1. The van der Waals surface area contributed by atoms with E-state index in [1.807, 2.05) is 4.90 Å². The Hall–Kier alpha value is -1.16. The molecule has 0 radical (unpaired) electrons. The maximum atomic E-state index is 13.8. The second-order valence-electron chi connectivity index (χ2n) is 5.78. The molecular weight excluding hydrogens is 422 g/mol. The number of rotatable bonds is 6. The van der Waals surface area contributed by atoms with Gasteiger partial charge in [0.05, 0.1) is 0 Å². The van der Waals surface area contributed by atoms with Gasteiger partial charge in [-0.1, -0.05) is 6.92 Å². The van der Waals surface area contributed by atoms with Crippen molar-refractivity contribution in [2.75, 3.05) is 51.7 Å². The number of pyridine rings is 1. The molecule has 1 atom stereocenters. The van der Waals surface area contributed by atoms with Gasteiger partial charge in [0.2, 0.25) is 0 Å². The molecule has 0 saturated carbocycles. The first-order valence-electron chi connectivity index (χ1n) is 8.15. The van der Waals surface area contributed by atoms with Crippen molar-refractivity contribution in [1.29, 1.82) is 0 Å². The van der Waals surface area contributed by atoms with Crippen LogP contribution in [0.15, 0.2) is 23.3 Å². The van der Waals surface area contributed by atoms with Gasteiger partial charge in [-0.25, -0.2) is 9.37 Å². The number of aliphatic imine (C=N–C) groups is 1. The van der Waals surface area contributed by atoms with Crippen molar-refractivity contribution >= 4 is 35.8 Å². The second kappa shape index (κ2) is 10.7. The van der Waals surface area contributed by atoms with Gasteiger partial charge in [-0.3, -0.25) is 4.99 Å². The lowest BCUT2D eigenvalue weighted by molar-refractivity contribution is 0.357. The molecule has 6 nitrogen and oxygen atoms in total. The number of hydrogen-bond donors (Lipinski definition) is 2. The van der Waals surface area contributed by atoms with E-state index in [1.54, 1.807) is 19.3 Å². The van der Waals surface area contributed by atoms with E-state index < -0.39 is 0 Å². The number of nitrogens with one attached hydrogen (secondary N) is 2. The normalized spacial score (nSPS) is 17.8. The Balaban J connectivity index is 0.00000288. The van der Waals surface area contributed by atoms with E-state index in [0.717, 1.165) is 45.1 Å². The zero-order valence-corrected chi connectivity index (χ0v) is 17.0. The quantitative estimate of drug-likeness (QED) is 0.391. The minimum absolute atomic E-state index is 0. The molecule has 0 aliphatic carbocycles. The van der Waals surface area contributed by atoms with Gasteiger partial charge in [0.1, 0.15) is 0 Å². The minimum atomic E-state index is -0.266. The van der Waals surface area contributed by atoms with Crippen molar-refractivity contribution in [1.82, 2.24) is 20.5 Å². The number of aromatic nitrogens is 1. The van der Waals surface area contributed by atoms with Crippen LogP contribution in [0.3, 0.4) is 0 Å². The van der Waals surface area contributed by atoms with Crippen LogP contribution < -0.4 is 15.5 Å². The SMILES string of the molecule is CCN(C)CCNC(=NC)NC1CCN(c2ncccc2F)C1.I. The van der Waals surface area contributed by atoms with Crippen molar-refractivity contribution in [3.63, 3.8) is 0 Å². The molecule has 1 aliphatic rings. The fourth-order valence-electron chi connectivity index (χ4n) is 2.59. The largest absolute Gasteiger partial charge is 0.355 e. The van der Waals surface area contributed by atoms with Gasteiger partial charge < -0.3 is 20.4 Å². The molecule has 1 unspecified atom stereocenters. The van der Waals surface area contributed by atoms with E-state index in [1.165, 1.54) is 6.07 Å². The number of anilines is 1. The molecule has 136 valence electrons. The van der Waals surface area contributed by atoms with E-state index in [4.69, 9.17) is 0 Å². The third-order valence-electron chi connectivity index (χ3n) is 4.12. The average molecular weight is 450 g/mol. The van der Waals surface area contributed by atoms with Crippen LogP contribution in [0, 0.1) is 5.82 Å². The van der Waals surface area contributed by atoms with Gasteiger partial charge in [-0.15, -0.1) is 24.0 Å². The molecule has 1 saturated heterocycles. The molecule has 0 aromatic carbocycles. The summed E-state index contributed by atoms with van der Waals surface area (Å²) in [7, 11) is 3.86. The predicted molar refractivity (Wildman–Crippen MR) is 108 cm³/mol. The van der Waals surface area contributed by atoms with Gasteiger partial charge in [0.15, 0.2) is 17.6 Å². The summed E-state index contributed by atoms with van der Waals surface area (Å²) in [5.41, 5.74) is 0. The molecule has 2 heterocycles. The third kappa shape index (κ3) is 6.04. The Morgan fingerprint density at radius 3 is 3.00 bits per heavy atom. The van der Waals surface area contributed by atoms with E-state index in [2.05, 4.69) is 39.5 Å². The van der Waals surface area contributed by atoms with Crippen molar-refractivity contribution in [3.05, 3.63) is 24.1 Å². The van der Waals surface area contributed by atoms with E-state index in [-0.39, 0.29) is 35.8 Å². The summed E-state index contributed by atoms with van der Waals surface area (Å²) in [5.74, 6) is 0.963. The highest BCUT2D eigenvalue weighted by molar-refractivity contribution is 14.0. The summed E-state index contributed by atoms with van der Waals surface area (Å²) < 4.78 is 13.8. The van der Waals surface area contributed by atoms with Crippen molar-refractivity contribution in [2.24, 2.45) is 4.99 Å². The van der Waals surface area contributed by atoms with E-state index in [9.17, 15) is 4.39 Å². The van der Waals surface area contributed by atoms with Crippen molar-refractivity contribution < 1.29 is 4.39 Å². The molecule has 0 bridgehead atoms. The van der Waals surface area contributed by atoms with E-state index in [0.29, 0.717) is 5.82 Å². The summed E-state index contributed by atoms with van der Waals surface area (Å²) in [5, 5.41) is 6.72. The van der Waals surface area contributed by atoms with Crippen molar-refractivity contribution in [2.45, 2.75) is 19.4 Å². The van der Waals surface area contributed by atoms with Crippen LogP contribution in [0.1, 0.15) is 13.3 Å². The molecule has 24 heavy (non-hydrogen) atoms. The maximum Gasteiger partial charge on any atom is 0.191 e. The summed E-state index contributed by atoms with van der Waals surface area (Å²) in [6.45, 7) is 6.49. The molecule has 1 aromatic heterocycles. The number of guanidine groups is 1. The molecule has 2 N–H and O–H groups in total. The van der Waals surface area contributed by atoms with Gasteiger partial charge in [-0.2, -0.15) is 0 Å². The highest BCUT2D eigenvalue weighted by Gasteiger charge is 2.25. The Kier molecular flexibility index (Phi) is 9.27. The number of likely N-dealkylation sites (N-methyl/N-ethyl adjacent to an activating group) is 1. The number of nitrogens with zero attached hydrogens (tertiary/aromatic N) is 4. The van der Waals surface area contributed by atoms with Gasteiger partial charge in [-0.05, 0) is 32.1 Å². The topological polar surface area (TPSA) is 55.8 Å². The number of hydrogen-bond acceptors (Lipinski definition) is 4. The predicted octanol–water partition coefficient (Wildman–Crippen LogP) is 1.53. The summed E-state index contributed by atoms with van der Waals surface area (Å²) in [4.78, 5) is 12.6. The van der Waals surface area contributed by atoms with Gasteiger partial charge >= 0.3 is 0 Å². The summed E-state index contributed by atoms with van der Waals surface area (Å²) in [6, 6.07) is 3.31. The molecule has 1 aliphatic heterocycles. The minimum Gasteiger partial charge on any atom is -0.355 e. The fourth-order valence-corrected chi connectivity index (χ4v) is 2.59. The molecule has 8 heteroatoms. The van der Waals surface area contributed by atoms with Crippen LogP contribution in [0.25, 0.3) is 0 Å². The summed E-state index contributed by atoms with van der Waals surface area (Å²) in [6.07, 6.45) is 2.56. The molecular formula is C16H28FIN6. The second-order valence-corrected chi connectivity index (χ2v) is 5.78. The molecule has 1 fully saturated rings. The number of halogens is 2. The molecule has 0 amide bonds. The monoisotopic (exact) mass is 450 g/mol. The zero-order valence-electron chi connectivity index (χ0n) is 14.6. The van der Waals surface area contributed by atoms with Crippen LogP contribution in [0.2, 0.25) is 0 Å². The van der Waals surface area contributed by atoms with Crippen LogP contribution >= 0.6 is 24.0 Å². The maximum absolute atomic E-state index is 13.8. The Morgan fingerprint density at radius 2 is 2.33 bits per heavy atom. The van der Waals surface area contributed by atoms with Crippen LogP contribution in [-0.2, 0) is 0 Å². The van der Waals surface area contributed by atoms with Gasteiger partial charge in [0.25, 0.3) is 0 Å². The Morgan fingerprint density at radius 1 is 1.54 bits per heavy atom. The first kappa shape index (κ1) is 20.9. The lowest BCUT2D eigenvalue weighted by atomic mass is 10.3. The molecule has 1 aromatic rings. The standard InChI is InChI=1S/C16H27FN6.HI/c1-4-22(3)11-9-20-16(18-2)21-13-7-10-23(12-13)15-14(17)6-5-8-19-15;/h5-6,8,13H,4,7,9-12H2,1-3H3,(H2,18,20,21);1H. The van der Waals surface area contributed by atoms with Crippen LogP contribution in [0.5, 0.6) is 0 Å². The van der Waals surface area contributed by atoms with Crippen LogP contribution in [-0.4, -0.2) is 68.7 Å². The Labute approximate surface area is 160 Å².